The number of nitrogens with zero attached hydrogens (tertiary/aromatic N) is 1. The van der Waals surface area contributed by atoms with Crippen LogP contribution in [0.25, 0.3) is 0 Å². The van der Waals surface area contributed by atoms with Gasteiger partial charge in [0.15, 0.2) is 0 Å². The highest BCUT2D eigenvalue weighted by molar-refractivity contribution is 7.78. The third-order valence-electron chi connectivity index (χ3n) is 2.41. The van der Waals surface area contributed by atoms with Gasteiger partial charge in [-0.3, -0.25) is 0 Å². The molecule has 0 aromatic carbocycles. The Balaban J connectivity index is 1.97. The van der Waals surface area contributed by atoms with Gasteiger partial charge in [-0.25, -0.2) is 4.99 Å². The van der Waals surface area contributed by atoms with Crippen LogP contribution >= 0.6 is 12.2 Å². The highest BCUT2D eigenvalue weighted by Gasteiger charge is 2.41. The van der Waals surface area contributed by atoms with E-state index in [0.717, 1.165) is 11.8 Å². The Hall–Kier alpha value is -0.200. The van der Waals surface area contributed by atoms with Crippen LogP contribution < -0.4 is 0 Å². The van der Waals surface area contributed by atoms with E-state index in [1.165, 1.54) is 25.7 Å². The van der Waals surface area contributed by atoms with Crippen molar-refractivity contribution in [2.24, 2.45) is 16.8 Å². The van der Waals surface area contributed by atoms with Gasteiger partial charge in [0.25, 0.3) is 0 Å². The van der Waals surface area contributed by atoms with Crippen molar-refractivity contribution in [3.05, 3.63) is 0 Å². The van der Waals surface area contributed by atoms with Crippen molar-refractivity contribution in [1.82, 2.24) is 0 Å². The van der Waals surface area contributed by atoms with Crippen LogP contribution in [0.4, 0.5) is 0 Å². The molecular formula is C8H11NS. The van der Waals surface area contributed by atoms with Crippen molar-refractivity contribution in [2.45, 2.75) is 31.7 Å². The standard InChI is InChI=1S/C8H11NS/c10-5-9-8(6-1-2-6)7-3-4-7/h6-8H,1-4H2. The zero-order valence-corrected chi connectivity index (χ0v) is 6.73. The quantitative estimate of drug-likeness (QED) is 0.447. The molecule has 2 fully saturated rings. The number of aliphatic imine (C=N–C) groups is 1. The Morgan fingerprint density at radius 3 is 2.00 bits per heavy atom. The molecule has 10 heavy (non-hydrogen) atoms. The lowest BCUT2D eigenvalue weighted by molar-refractivity contribution is 0.536. The van der Waals surface area contributed by atoms with E-state index in [1.54, 1.807) is 0 Å². The minimum Gasteiger partial charge on any atom is -0.229 e. The Bertz CT molecular complexity index is 164. The minimum atomic E-state index is 0.567. The third-order valence-corrected chi connectivity index (χ3v) is 2.52. The summed E-state index contributed by atoms with van der Waals surface area (Å²) in [4.78, 5) is 4.21. The first-order valence-corrected chi connectivity index (χ1v) is 4.39. The fourth-order valence-corrected chi connectivity index (χ4v) is 1.65. The van der Waals surface area contributed by atoms with Gasteiger partial charge in [0.05, 0.1) is 11.2 Å². The molecule has 0 N–H and O–H groups in total. The average Bonchev–Trinajstić information content (AvgIpc) is 2.77. The number of hydrogen-bond acceptors (Lipinski definition) is 2. The van der Waals surface area contributed by atoms with Crippen molar-refractivity contribution in [1.29, 1.82) is 0 Å². The van der Waals surface area contributed by atoms with Crippen LogP contribution in [-0.2, 0) is 0 Å². The number of hydrogen-bond donors (Lipinski definition) is 0. The molecule has 2 rings (SSSR count). The molecule has 0 radical (unpaired) electrons. The van der Waals surface area contributed by atoms with Gasteiger partial charge in [-0.1, -0.05) is 0 Å². The maximum absolute atomic E-state index is 4.61. The van der Waals surface area contributed by atoms with Crippen LogP contribution in [0.5, 0.6) is 0 Å². The summed E-state index contributed by atoms with van der Waals surface area (Å²) in [5.41, 5.74) is 0. The molecule has 2 aliphatic carbocycles. The Kier molecular flexibility index (Phi) is 1.59. The predicted octanol–water partition coefficient (Wildman–Crippen LogP) is 2.28. The van der Waals surface area contributed by atoms with Gasteiger partial charge < -0.3 is 0 Å². The van der Waals surface area contributed by atoms with E-state index in [0.29, 0.717) is 6.04 Å². The lowest BCUT2D eigenvalue weighted by Gasteiger charge is -2.05. The van der Waals surface area contributed by atoms with Gasteiger partial charge in [-0.05, 0) is 49.7 Å². The van der Waals surface area contributed by atoms with E-state index in [2.05, 4.69) is 22.4 Å². The van der Waals surface area contributed by atoms with Gasteiger partial charge >= 0.3 is 0 Å². The van der Waals surface area contributed by atoms with E-state index in [-0.39, 0.29) is 0 Å². The van der Waals surface area contributed by atoms with Crippen molar-refractivity contribution in [3.8, 4) is 0 Å². The third kappa shape index (κ3) is 1.28. The van der Waals surface area contributed by atoms with E-state index in [9.17, 15) is 0 Å². The first-order chi connectivity index (χ1) is 4.92. The predicted molar refractivity (Wildman–Crippen MR) is 44.3 cm³/mol. The second kappa shape index (κ2) is 2.44. The van der Waals surface area contributed by atoms with Gasteiger partial charge in [0.1, 0.15) is 0 Å². The summed E-state index contributed by atoms with van der Waals surface area (Å²) in [5, 5.41) is 2.52. The van der Waals surface area contributed by atoms with Gasteiger partial charge in [-0.15, -0.1) is 0 Å². The summed E-state index contributed by atoms with van der Waals surface area (Å²) in [7, 11) is 0. The lowest BCUT2D eigenvalue weighted by Crippen LogP contribution is -2.08. The van der Waals surface area contributed by atoms with Crippen LogP contribution in [0.3, 0.4) is 0 Å². The van der Waals surface area contributed by atoms with Crippen LogP contribution in [0.15, 0.2) is 4.99 Å². The maximum atomic E-state index is 4.61. The Morgan fingerprint density at radius 1 is 1.20 bits per heavy atom. The first kappa shape index (κ1) is 6.51. The zero-order chi connectivity index (χ0) is 6.97. The molecule has 0 aromatic heterocycles. The van der Waals surface area contributed by atoms with E-state index in [4.69, 9.17) is 0 Å². The number of thiocarbonyl (C=S) groups is 1. The first-order valence-electron chi connectivity index (χ1n) is 3.99. The molecule has 0 bridgehead atoms. The Morgan fingerprint density at radius 2 is 1.70 bits per heavy atom. The maximum Gasteiger partial charge on any atom is 0.0659 e. The summed E-state index contributed by atoms with van der Waals surface area (Å²) < 4.78 is 0. The highest BCUT2D eigenvalue weighted by Crippen LogP contribution is 2.46. The van der Waals surface area contributed by atoms with Crippen LogP contribution in [0, 0.1) is 11.8 Å². The van der Waals surface area contributed by atoms with Gasteiger partial charge in [-0.2, -0.15) is 0 Å². The van der Waals surface area contributed by atoms with Crippen molar-refractivity contribution >= 4 is 17.4 Å². The molecule has 0 unspecified atom stereocenters. The van der Waals surface area contributed by atoms with E-state index >= 15 is 0 Å². The van der Waals surface area contributed by atoms with Gasteiger partial charge in [0.2, 0.25) is 0 Å². The highest BCUT2D eigenvalue weighted by atomic mass is 32.1. The second-order valence-corrected chi connectivity index (χ2v) is 3.57. The molecule has 1 nitrogen and oxygen atoms in total. The molecule has 54 valence electrons. The Labute approximate surface area is 66.5 Å². The summed E-state index contributed by atoms with van der Waals surface area (Å²) >= 11 is 4.61. The molecule has 0 atom stereocenters. The molecule has 0 spiro atoms. The summed E-state index contributed by atoms with van der Waals surface area (Å²) in [6, 6.07) is 0.567. The van der Waals surface area contributed by atoms with Crippen molar-refractivity contribution in [2.75, 3.05) is 0 Å². The fourth-order valence-electron chi connectivity index (χ4n) is 1.53. The lowest BCUT2D eigenvalue weighted by atomic mass is 10.1. The molecule has 2 heteroatoms. The van der Waals surface area contributed by atoms with Gasteiger partial charge in [0, 0.05) is 0 Å². The SMILES string of the molecule is S=C=NC(C1CC1)C1CC1. The molecular weight excluding hydrogens is 142 g/mol. The van der Waals surface area contributed by atoms with Crippen molar-refractivity contribution in [3.63, 3.8) is 0 Å². The zero-order valence-electron chi connectivity index (χ0n) is 5.92. The number of isothiocyanates is 1. The fraction of sp³-hybridized carbons (Fsp3) is 0.875. The molecule has 0 aromatic rings. The van der Waals surface area contributed by atoms with Crippen LogP contribution in [0.2, 0.25) is 0 Å². The van der Waals surface area contributed by atoms with E-state index in [1.807, 2.05) is 0 Å². The molecule has 2 aliphatic rings. The summed E-state index contributed by atoms with van der Waals surface area (Å²) in [6.45, 7) is 0. The molecule has 0 aliphatic heterocycles. The monoisotopic (exact) mass is 153 g/mol. The molecule has 0 saturated heterocycles. The smallest absolute Gasteiger partial charge is 0.0659 e. The normalized spacial score (nSPS) is 24.5. The molecule has 0 amide bonds. The van der Waals surface area contributed by atoms with Crippen LogP contribution in [0.1, 0.15) is 25.7 Å². The molecule has 2 saturated carbocycles. The number of rotatable bonds is 3. The summed E-state index contributed by atoms with van der Waals surface area (Å²) in [6.07, 6.45) is 5.51. The average molecular weight is 153 g/mol. The van der Waals surface area contributed by atoms with Crippen molar-refractivity contribution < 1.29 is 0 Å². The molecule has 0 heterocycles. The minimum absolute atomic E-state index is 0.567. The summed E-state index contributed by atoms with van der Waals surface area (Å²) in [5.74, 6) is 1.76. The largest absolute Gasteiger partial charge is 0.229 e. The second-order valence-electron chi connectivity index (χ2n) is 3.39. The van der Waals surface area contributed by atoms with E-state index < -0.39 is 0 Å². The van der Waals surface area contributed by atoms with Crippen LogP contribution in [-0.4, -0.2) is 11.2 Å². The topological polar surface area (TPSA) is 12.4 Å².